The predicted molar refractivity (Wildman–Crippen MR) is 87.7 cm³/mol. The van der Waals surface area contributed by atoms with Gasteiger partial charge in [-0.25, -0.2) is 4.79 Å². The zero-order valence-corrected chi connectivity index (χ0v) is 13.2. The SMILES string of the molecule is CC(OC(=O)c1cccc(N(C)C)c1)c1cccc([N+](=O)[O-])c1. The van der Waals surface area contributed by atoms with E-state index in [9.17, 15) is 14.9 Å². The van der Waals surface area contributed by atoms with Crippen LogP contribution in [0.4, 0.5) is 11.4 Å². The Morgan fingerprint density at radius 1 is 1.17 bits per heavy atom. The topological polar surface area (TPSA) is 72.7 Å². The Labute approximate surface area is 134 Å². The van der Waals surface area contributed by atoms with Crippen molar-refractivity contribution in [3.8, 4) is 0 Å². The molecule has 0 aliphatic carbocycles. The van der Waals surface area contributed by atoms with Crippen LogP contribution in [0.3, 0.4) is 0 Å². The number of nitro groups is 1. The maximum atomic E-state index is 12.2. The van der Waals surface area contributed by atoms with E-state index in [0.717, 1.165) is 5.69 Å². The van der Waals surface area contributed by atoms with Gasteiger partial charge in [-0.1, -0.05) is 18.2 Å². The van der Waals surface area contributed by atoms with Gasteiger partial charge in [-0.15, -0.1) is 0 Å². The molecule has 0 saturated heterocycles. The fourth-order valence-electron chi connectivity index (χ4n) is 2.10. The van der Waals surface area contributed by atoms with Crippen LogP contribution in [0.15, 0.2) is 48.5 Å². The van der Waals surface area contributed by atoms with Gasteiger partial charge < -0.3 is 9.64 Å². The standard InChI is InChI=1S/C17H18N2O4/c1-12(13-6-4-9-16(10-13)19(21)22)23-17(20)14-7-5-8-15(11-14)18(2)3/h4-12H,1-3H3. The number of anilines is 1. The van der Waals surface area contributed by atoms with Gasteiger partial charge in [0.15, 0.2) is 0 Å². The van der Waals surface area contributed by atoms with E-state index in [-0.39, 0.29) is 5.69 Å². The summed E-state index contributed by atoms with van der Waals surface area (Å²) in [7, 11) is 3.77. The van der Waals surface area contributed by atoms with Crippen molar-refractivity contribution in [3.63, 3.8) is 0 Å². The van der Waals surface area contributed by atoms with Crippen molar-refractivity contribution in [1.29, 1.82) is 0 Å². The second-order valence-corrected chi connectivity index (χ2v) is 5.34. The lowest BCUT2D eigenvalue weighted by atomic mass is 10.1. The Morgan fingerprint density at radius 2 is 1.87 bits per heavy atom. The van der Waals surface area contributed by atoms with E-state index in [4.69, 9.17) is 4.74 Å². The molecule has 0 amide bonds. The highest BCUT2D eigenvalue weighted by Crippen LogP contribution is 2.23. The number of nitrogens with zero attached hydrogens (tertiary/aromatic N) is 2. The molecule has 0 fully saturated rings. The third-order valence-corrected chi connectivity index (χ3v) is 3.43. The van der Waals surface area contributed by atoms with Crippen LogP contribution in [0.25, 0.3) is 0 Å². The fourth-order valence-corrected chi connectivity index (χ4v) is 2.10. The molecule has 0 N–H and O–H groups in total. The molecule has 0 aliphatic heterocycles. The van der Waals surface area contributed by atoms with Crippen molar-refractivity contribution in [2.45, 2.75) is 13.0 Å². The number of rotatable bonds is 5. The van der Waals surface area contributed by atoms with Gasteiger partial charge in [-0.3, -0.25) is 10.1 Å². The number of benzene rings is 2. The third kappa shape index (κ3) is 4.06. The lowest BCUT2D eigenvalue weighted by Gasteiger charge is -2.16. The first-order valence-electron chi connectivity index (χ1n) is 7.11. The third-order valence-electron chi connectivity index (χ3n) is 3.43. The van der Waals surface area contributed by atoms with E-state index < -0.39 is 17.0 Å². The molecule has 2 aromatic carbocycles. The number of hydrogen-bond acceptors (Lipinski definition) is 5. The van der Waals surface area contributed by atoms with Crippen molar-refractivity contribution in [2.75, 3.05) is 19.0 Å². The van der Waals surface area contributed by atoms with E-state index in [0.29, 0.717) is 11.1 Å². The highest BCUT2D eigenvalue weighted by Gasteiger charge is 2.16. The van der Waals surface area contributed by atoms with E-state index in [1.54, 1.807) is 37.3 Å². The zero-order valence-electron chi connectivity index (χ0n) is 13.2. The van der Waals surface area contributed by atoms with E-state index in [2.05, 4.69) is 0 Å². The summed E-state index contributed by atoms with van der Waals surface area (Å²) in [6.07, 6.45) is -0.578. The number of nitro benzene ring substituents is 1. The van der Waals surface area contributed by atoms with Gasteiger partial charge in [0.25, 0.3) is 5.69 Å². The van der Waals surface area contributed by atoms with Crippen LogP contribution in [-0.2, 0) is 4.74 Å². The number of hydrogen-bond donors (Lipinski definition) is 0. The summed E-state index contributed by atoms with van der Waals surface area (Å²) in [5, 5.41) is 10.8. The molecular formula is C17H18N2O4. The van der Waals surface area contributed by atoms with Gasteiger partial charge in [-0.05, 0) is 30.7 Å². The Morgan fingerprint density at radius 3 is 2.52 bits per heavy atom. The highest BCUT2D eigenvalue weighted by atomic mass is 16.6. The second kappa shape index (κ2) is 6.91. The second-order valence-electron chi connectivity index (χ2n) is 5.34. The number of carbonyl (C=O) groups excluding carboxylic acids is 1. The molecular weight excluding hydrogens is 296 g/mol. The molecule has 6 heteroatoms. The molecule has 0 spiro atoms. The average Bonchev–Trinajstić information content (AvgIpc) is 2.54. The maximum Gasteiger partial charge on any atom is 0.338 e. The first-order chi connectivity index (χ1) is 10.9. The molecule has 0 radical (unpaired) electrons. The van der Waals surface area contributed by atoms with Crippen molar-refractivity contribution in [1.82, 2.24) is 0 Å². The van der Waals surface area contributed by atoms with Crippen LogP contribution in [0.2, 0.25) is 0 Å². The van der Waals surface area contributed by atoms with Crippen LogP contribution < -0.4 is 4.90 Å². The van der Waals surface area contributed by atoms with Gasteiger partial charge >= 0.3 is 5.97 Å². The quantitative estimate of drug-likeness (QED) is 0.479. The summed E-state index contributed by atoms with van der Waals surface area (Å²) in [5.41, 5.74) is 1.88. The molecule has 1 unspecified atom stereocenters. The Balaban J connectivity index is 2.15. The van der Waals surface area contributed by atoms with Gasteiger partial charge in [0.2, 0.25) is 0 Å². The Bertz CT molecular complexity index is 728. The largest absolute Gasteiger partial charge is 0.454 e. The smallest absolute Gasteiger partial charge is 0.338 e. The Hall–Kier alpha value is -2.89. The molecule has 0 aromatic heterocycles. The van der Waals surface area contributed by atoms with Crippen LogP contribution in [0, 0.1) is 10.1 Å². The monoisotopic (exact) mass is 314 g/mol. The van der Waals surface area contributed by atoms with Gasteiger partial charge in [0.1, 0.15) is 6.10 Å². The lowest BCUT2D eigenvalue weighted by Crippen LogP contribution is -2.12. The highest BCUT2D eigenvalue weighted by molar-refractivity contribution is 5.90. The molecule has 0 heterocycles. The summed E-state index contributed by atoms with van der Waals surface area (Å²) in [5.74, 6) is -0.465. The maximum absolute atomic E-state index is 12.2. The zero-order chi connectivity index (χ0) is 17.0. The minimum Gasteiger partial charge on any atom is -0.454 e. The summed E-state index contributed by atoms with van der Waals surface area (Å²) in [4.78, 5) is 24.5. The first kappa shape index (κ1) is 16.5. The van der Waals surface area contributed by atoms with Crippen molar-refractivity contribution >= 4 is 17.3 Å². The molecule has 1 atom stereocenters. The molecule has 2 rings (SSSR count). The number of esters is 1. The molecule has 0 bridgehead atoms. The summed E-state index contributed by atoms with van der Waals surface area (Å²) < 4.78 is 5.41. The van der Waals surface area contributed by atoms with E-state index in [1.165, 1.54) is 12.1 Å². The molecule has 6 nitrogen and oxygen atoms in total. The fraction of sp³-hybridized carbons (Fsp3) is 0.235. The van der Waals surface area contributed by atoms with Crippen molar-refractivity contribution in [2.24, 2.45) is 0 Å². The number of non-ortho nitro benzene ring substituents is 1. The summed E-state index contributed by atoms with van der Waals surface area (Å²) in [6.45, 7) is 1.69. The molecule has 2 aromatic rings. The van der Waals surface area contributed by atoms with Crippen LogP contribution in [-0.4, -0.2) is 25.0 Å². The minimum atomic E-state index is -0.578. The normalized spacial score (nSPS) is 11.6. The molecule has 23 heavy (non-hydrogen) atoms. The number of ether oxygens (including phenoxy) is 1. The predicted octanol–water partition coefficient (Wildman–Crippen LogP) is 3.58. The van der Waals surface area contributed by atoms with Crippen molar-refractivity contribution < 1.29 is 14.5 Å². The molecule has 120 valence electrons. The summed E-state index contributed by atoms with van der Waals surface area (Å²) >= 11 is 0. The van der Waals surface area contributed by atoms with Crippen LogP contribution in [0.5, 0.6) is 0 Å². The van der Waals surface area contributed by atoms with Crippen LogP contribution >= 0.6 is 0 Å². The number of carbonyl (C=O) groups is 1. The van der Waals surface area contributed by atoms with E-state index in [1.807, 2.05) is 25.1 Å². The average molecular weight is 314 g/mol. The Kier molecular flexibility index (Phi) is 4.95. The van der Waals surface area contributed by atoms with Crippen molar-refractivity contribution in [3.05, 3.63) is 69.8 Å². The van der Waals surface area contributed by atoms with Crippen LogP contribution in [0.1, 0.15) is 28.9 Å². The summed E-state index contributed by atoms with van der Waals surface area (Å²) in [6, 6.07) is 13.2. The lowest BCUT2D eigenvalue weighted by molar-refractivity contribution is -0.385. The minimum absolute atomic E-state index is 0.0278. The van der Waals surface area contributed by atoms with Gasteiger partial charge in [0.05, 0.1) is 10.5 Å². The van der Waals surface area contributed by atoms with E-state index >= 15 is 0 Å². The first-order valence-corrected chi connectivity index (χ1v) is 7.11. The van der Waals surface area contributed by atoms with Gasteiger partial charge in [-0.2, -0.15) is 0 Å². The molecule has 0 saturated carbocycles. The molecule has 0 aliphatic rings. The van der Waals surface area contributed by atoms with Gasteiger partial charge in [0, 0.05) is 31.9 Å².